The summed E-state index contributed by atoms with van der Waals surface area (Å²) in [6.45, 7) is 8.35. The number of nitrogens with zero attached hydrogens (tertiary/aromatic N) is 1. The minimum Gasteiger partial charge on any atom is -0.497 e. The second kappa shape index (κ2) is 10.1. The molecule has 3 heteroatoms. The zero-order valence-electron chi connectivity index (χ0n) is 21.7. The lowest BCUT2D eigenvalue weighted by molar-refractivity contribution is 0.306. The van der Waals surface area contributed by atoms with Crippen LogP contribution >= 0.6 is 0 Å². The van der Waals surface area contributed by atoms with E-state index in [0.717, 1.165) is 24.5 Å². The van der Waals surface area contributed by atoms with Crippen LogP contribution in [-0.4, -0.2) is 13.7 Å². The zero-order chi connectivity index (χ0) is 25.1. The van der Waals surface area contributed by atoms with Crippen molar-refractivity contribution in [1.29, 1.82) is 0 Å². The van der Waals surface area contributed by atoms with Crippen molar-refractivity contribution >= 4 is 5.69 Å². The molecule has 0 spiro atoms. The van der Waals surface area contributed by atoms with Crippen molar-refractivity contribution in [3.63, 3.8) is 0 Å². The van der Waals surface area contributed by atoms with Gasteiger partial charge in [-0.2, -0.15) is 0 Å². The van der Waals surface area contributed by atoms with Gasteiger partial charge in [0.15, 0.2) is 0 Å². The molecule has 36 heavy (non-hydrogen) atoms. The maximum Gasteiger partial charge on any atom is 0.119 e. The SMILES string of the molecule is COc1ccc2c(c1)CCN(c1cccc(C(C)C)c1)C2(C)c1ccc(OCc2ccccc2)cc1. The molecule has 0 saturated heterocycles. The van der Waals surface area contributed by atoms with Gasteiger partial charge in [0.05, 0.1) is 12.6 Å². The molecule has 1 aliphatic heterocycles. The zero-order valence-corrected chi connectivity index (χ0v) is 21.7. The van der Waals surface area contributed by atoms with Gasteiger partial charge in [-0.05, 0) is 83.5 Å². The summed E-state index contributed by atoms with van der Waals surface area (Å²) in [5, 5.41) is 0. The minimum absolute atomic E-state index is 0.326. The first-order valence-corrected chi connectivity index (χ1v) is 12.8. The molecule has 1 heterocycles. The van der Waals surface area contributed by atoms with Crippen molar-refractivity contribution in [2.75, 3.05) is 18.6 Å². The van der Waals surface area contributed by atoms with Crippen LogP contribution in [0.4, 0.5) is 5.69 Å². The minimum atomic E-state index is -0.326. The van der Waals surface area contributed by atoms with Crippen LogP contribution in [0.2, 0.25) is 0 Å². The number of benzene rings is 4. The van der Waals surface area contributed by atoms with E-state index >= 15 is 0 Å². The van der Waals surface area contributed by atoms with E-state index in [2.05, 4.69) is 105 Å². The van der Waals surface area contributed by atoms with Gasteiger partial charge < -0.3 is 14.4 Å². The van der Waals surface area contributed by atoms with Gasteiger partial charge in [-0.15, -0.1) is 0 Å². The third kappa shape index (κ3) is 4.58. The van der Waals surface area contributed by atoms with Crippen molar-refractivity contribution in [3.05, 3.63) is 125 Å². The molecule has 4 aromatic carbocycles. The summed E-state index contributed by atoms with van der Waals surface area (Å²) in [6, 6.07) is 34.5. The van der Waals surface area contributed by atoms with Crippen LogP contribution in [0.1, 0.15) is 54.5 Å². The molecular formula is C33H35NO2. The molecule has 0 saturated carbocycles. The Morgan fingerprint density at radius 2 is 1.58 bits per heavy atom. The Morgan fingerprint density at radius 3 is 2.31 bits per heavy atom. The lowest BCUT2D eigenvalue weighted by Gasteiger charge is -2.48. The first kappa shape index (κ1) is 24.0. The molecule has 1 unspecified atom stereocenters. The van der Waals surface area contributed by atoms with Crippen molar-refractivity contribution in [3.8, 4) is 11.5 Å². The predicted molar refractivity (Wildman–Crippen MR) is 148 cm³/mol. The molecule has 3 nitrogen and oxygen atoms in total. The molecule has 1 atom stereocenters. The standard InChI is InChI=1S/C33H35NO2/c1-24(2)26-11-8-12-29(21-26)34-20-19-27-22-31(35-4)17-18-32(27)33(34,3)28-13-15-30(16-14-28)36-23-25-9-6-5-7-10-25/h5-18,21-22,24H,19-20,23H2,1-4H3. The quantitative estimate of drug-likeness (QED) is 0.272. The Bertz CT molecular complexity index is 1310. The summed E-state index contributed by atoms with van der Waals surface area (Å²) in [5.74, 6) is 2.28. The van der Waals surface area contributed by atoms with Crippen LogP contribution in [0.15, 0.2) is 97.1 Å². The fourth-order valence-electron chi connectivity index (χ4n) is 5.35. The second-order valence-electron chi connectivity index (χ2n) is 10.0. The maximum atomic E-state index is 6.09. The molecule has 0 radical (unpaired) electrons. The molecule has 184 valence electrons. The van der Waals surface area contributed by atoms with E-state index < -0.39 is 0 Å². The third-order valence-corrected chi connectivity index (χ3v) is 7.49. The highest BCUT2D eigenvalue weighted by atomic mass is 16.5. The van der Waals surface area contributed by atoms with Gasteiger partial charge in [0.1, 0.15) is 18.1 Å². The van der Waals surface area contributed by atoms with E-state index in [-0.39, 0.29) is 5.54 Å². The van der Waals surface area contributed by atoms with Crippen LogP contribution in [0.5, 0.6) is 11.5 Å². The Kier molecular flexibility index (Phi) is 6.73. The van der Waals surface area contributed by atoms with E-state index in [1.54, 1.807) is 7.11 Å². The van der Waals surface area contributed by atoms with Gasteiger partial charge in [0, 0.05) is 12.2 Å². The number of hydrogen-bond acceptors (Lipinski definition) is 3. The third-order valence-electron chi connectivity index (χ3n) is 7.49. The number of anilines is 1. The van der Waals surface area contributed by atoms with Gasteiger partial charge in [-0.3, -0.25) is 0 Å². The molecule has 1 aliphatic rings. The largest absolute Gasteiger partial charge is 0.497 e. The van der Waals surface area contributed by atoms with Gasteiger partial charge in [-0.25, -0.2) is 0 Å². The molecule has 4 aromatic rings. The summed E-state index contributed by atoms with van der Waals surface area (Å²) in [6.07, 6.45) is 0.978. The van der Waals surface area contributed by atoms with Crippen LogP contribution < -0.4 is 14.4 Å². The number of rotatable bonds is 7. The average Bonchev–Trinajstić information content (AvgIpc) is 2.92. The van der Waals surface area contributed by atoms with Crippen molar-refractivity contribution < 1.29 is 9.47 Å². The van der Waals surface area contributed by atoms with Gasteiger partial charge in [0.2, 0.25) is 0 Å². The number of fused-ring (bicyclic) bond motifs is 1. The smallest absolute Gasteiger partial charge is 0.119 e. The highest BCUT2D eigenvalue weighted by Gasteiger charge is 2.40. The molecular weight excluding hydrogens is 442 g/mol. The Balaban J connectivity index is 1.53. The highest BCUT2D eigenvalue weighted by molar-refractivity contribution is 5.61. The highest BCUT2D eigenvalue weighted by Crippen LogP contribution is 2.45. The fourth-order valence-corrected chi connectivity index (χ4v) is 5.35. The predicted octanol–water partition coefficient (Wildman–Crippen LogP) is 7.72. The first-order chi connectivity index (χ1) is 17.5. The van der Waals surface area contributed by atoms with E-state index in [1.165, 1.54) is 33.5 Å². The topological polar surface area (TPSA) is 21.7 Å². The van der Waals surface area contributed by atoms with E-state index in [0.29, 0.717) is 12.5 Å². The molecule has 0 bridgehead atoms. The normalized spacial score (nSPS) is 17.1. The molecule has 0 amide bonds. The van der Waals surface area contributed by atoms with Crippen LogP contribution in [0.3, 0.4) is 0 Å². The summed E-state index contributed by atoms with van der Waals surface area (Å²) in [4.78, 5) is 2.56. The van der Waals surface area contributed by atoms with E-state index in [9.17, 15) is 0 Å². The van der Waals surface area contributed by atoms with Crippen molar-refractivity contribution in [2.24, 2.45) is 0 Å². The maximum absolute atomic E-state index is 6.09. The first-order valence-electron chi connectivity index (χ1n) is 12.8. The monoisotopic (exact) mass is 477 g/mol. The molecule has 0 aliphatic carbocycles. The fraction of sp³-hybridized carbons (Fsp3) is 0.273. The summed E-state index contributed by atoms with van der Waals surface area (Å²) in [5.41, 5.74) is 7.37. The Labute approximate surface area is 215 Å². The molecule has 5 rings (SSSR count). The van der Waals surface area contributed by atoms with Crippen LogP contribution in [0, 0.1) is 0 Å². The van der Waals surface area contributed by atoms with E-state index in [4.69, 9.17) is 9.47 Å². The molecule has 0 aromatic heterocycles. The van der Waals surface area contributed by atoms with E-state index in [1.807, 2.05) is 18.2 Å². The van der Waals surface area contributed by atoms with Crippen LogP contribution in [-0.2, 0) is 18.6 Å². The Hall–Kier alpha value is -3.72. The summed E-state index contributed by atoms with van der Waals surface area (Å²) >= 11 is 0. The number of methoxy groups -OCH3 is 1. The van der Waals surface area contributed by atoms with Gasteiger partial charge in [0.25, 0.3) is 0 Å². The van der Waals surface area contributed by atoms with Gasteiger partial charge >= 0.3 is 0 Å². The van der Waals surface area contributed by atoms with Crippen molar-refractivity contribution in [2.45, 2.75) is 45.3 Å². The average molecular weight is 478 g/mol. The molecule has 0 N–H and O–H groups in total. The molecule has 0 fully saturated rings. The summed E-state index contributed by atoms with van der Waals surface area (Å²) in [7, 11) is 1.74. The summed E-state index contributed by atoms with van der Waals surface area (Å²) < 4.78 is 11.6. The lowest BCUT2D eigenvalue weighted by Crippen LogP contribution is -2.49. The second-order valence-corrected chi connectivity index (χ2v) is 10.0. The van der Waals surface area contributed by atoms with Crippen LogP contribution in [0.25, 0.3) is 0 Å². The van der Waals surface area contributed by atoms with Crippen molar-refractivity contribution in [1.82, 2.24) is 0 Å². The number of hydrogen-bond donors (Lipinski definition) is 0. The van der Waals surface area contributed by atoms with Gasteiger partial charge in [-0.1, -0.05) is 74.5 Å². The lowest BCUT2D eigenvalue weighted by atomic mass is 9.76. The number of ether oxygens (including phenoxy) is 2. The Morgan fingerprint density at radius 1 is 0.833 bits per heavy atom.